The summed E-state index contributed by atoms with van der Waals surface area (Å²) in [6, 6.07) is 8.65. The molecule has 0 atom stereocenters. The van der Waals surface area contributed by atoms with Crippen LogP contribution in [0.1, 0.15) is 36.0 Å². The highest BCUT2D eigenvalue weighted by molar-refractivity contribution is 7.92. The predicted molar refractivity (Wildman–Crippen MR) is 110 cm³/mol. The number of rotatable bonds is 6. The van der Waals surface area contributed by atoms with Crippen molar-refractivity contribution in [2.45, 2.75) is 40.7 Å². The molecule has 1 aliphatic rings. The molecule has 30 heavy (non-hydrogen) atoms. The molecule has 1 amide bonds. The number of nitro groups is 1. The van der Waals surface area contributed by atoms with E-state index in [9.17, 15) is 31.7 Å². The van der Waals surface area contributed by atoms with Crippen molar-refractivity contribution in [2.75, 3.05) is 11.6 Å². The molecule has 0 aliphatic heterocycles. The Kier molecular flexibility index (Phi) is 5.95. The van der Waals surface area contributed by atoms with Gasteiger partial charge in [-0.1, -0.05) is 18.9 Å². The Balaban J connectivity index is 1.91. The summed E-state index contributed by atoms with van der Waals surface area (Å²) in [5.41, 5.74) is -0.583. The zero-order chi connectivity index (χ0) is 22.1. The fourth-order valence-corrected chi connectivity index (χ4v) is 5.95. The molecule has 0 saturated heterocycles. The highest BCUT2D eigenvalue weighted by Crippen LogP contribution is 2.30. The number of carbonyl (C=O) groups excluding carboxylic acids is 1. The summed E-state index contributed by atoms with van der Waals surface area (Å²) >= 11 is 0. The SMILES string of the molecule is CS(=O)(=O)c1cc(C(=O)Nc2cccc(S(=O)(=O)C3CCCC3)c2)cc([N+](=O)[O-])c1. The quantitative estimate of drug-likeness (QED) is 0.525. The first-order valence-corrected chi connectivity index (χ1v) is 12.6. The van der Waals surface area contributed by atoms with Crippen LogP contribution < -0.4 is 5.32 Å². The van der Waals surface area contributed by atoms with Crippen LogP contribution >= 0.6 is 0 Å². The summed E-state index contributed by atoms with van der Waals surface area (Å²) in [5.74, 6) is -0.793. The molecule has 11 heteroatoms. The lowest BCUT2D eigenvalue weighted by Gasteiger charge is -2.13. The number of nitrogens with zero attached hydrogens (tertiary/aromatic N) is 1. The molecule has 0 unspecified atom stereocenters. The van der Waals surface area contributed by atoms with Gasteiger partial charge >= 0.3 is 0 Å². The Bertz CT molecular complexity index is 1220. The van der Waals surface area contributed by atoms with Gasteiger partial charge in [0, 0.05) is 29.6 Å². The van der Waals surface area contributed by atoms with Crippen LogP contribution in [-0.2, 0) is 19.7 Å². The fourth-order valence-electron chi connectivity index (χ4n) is 3.38. The Labute approximate surface area is 174 Å². The second-order valence-corrected chi connectivity index (χ2v) is 11.4. The maximum atomic E-state index is 12.8. The number of sulfone groups is 2. The van der Waals surface area contributed by atoms with Gasteiger partial charge in [-0.25, -0.2) is 16.8 Å². The molecular weight excluding hydrogens is 432 g/mol. The van der Waals surface area contributed by atoms with E-state index in [1.54, 1.807) is 0 Å². The summed E-state index contributed by atoms with van der Waals surface area (Å²) < 4.78 is 49.1. The van der Waals surface area contributed by atoms with Crippen molar-refractivity contribution in [3.63, 3.8) is 0 Å². The van der Waals surface area contributed by atoms with Gasteiger partial charge in [-0.3, -0.25) is 14.9 Å². The smallest absolute Gasteiger partial charge is 0.271 e. The van der Waals surface area contributed by atoms with Crippen LogP contribution in [0.3, 0.4) is 0 Å². The van der Waals surface area contributed by atoms with Crippen molar-refractivity contribution in [3.8, 4) is 0 Å². The third-order valence-corrected chi connectivity index (χ3v) is 8.31. The van der Waals surface area contributed by atoms with E-state index in [1.807, 2.05) is 0 Å². The Morgan fingerprint density at radius 1 is 1.03 bits per heavy atom. The maximum Gasteiger partial charge on any atom is 0.271 e. The van der Waals surface area contributed by atoms with Crippen LogP contribution in [0.15, 0.2) is 52.3 Å². The number of carbonyl (C=O) groups is 1. The number of hydrogen-bond donors (Lipinski definition) is 1. The summed E-state index contributed by atoms with van der Waals surface area (Å²) in [5, 5.41) is 13.1. The summed E-state index contributed by atoms with van der Waals surface area (Å²) in [6.45, 7) is 0. The lowest BCUT2D eigenvalue weighted by Crippen LogP contribution is -2.18. The number of non-ortho nitro benzene ring substituents is 1. The fraction of sp³-hybridized carbons (Fsp3) is 0.316. The van der Waals surface area contributed by atoms with Crippen molar-refractivity contribution in [1.82, 2.24) is 0 Å². The lowest BCUT2D eigenvalue weighted by atomic mass is 10.2. The second kappa shape index (κ2) is 8.15. The molecule has 1 N–H and O–H groups in total. The normalized spacial score (nSPS) is 15.1. The molecule has 0 heterocycles. The van der Waals surface area contributed by atoms with Gasteiger partial charge in [-0.05, 0) is 37.1 Å². The Morgan fingerprint density at radius 2 is 1.70 bits per heavy atom. The third kappa shape index (κ3) is 4.68. The van der Waals surface area contributed by atoms with Crippen LogP contribution in [0.2, 0.25) is 0 Å². The summed E-state index contributed by atoms with van der Waals surface area (Å²) in [6.07, 6.45) is 3.79. The van der Waals surface area contributed by atoms with Crippen molar-refractivity contribution in [2.24, 2.45) is 0 Å². The van der Waals surface area contributed by atoms with E-state index in [4.69, 9.17) is 0 Å². The molecule has 1 aliphatic carbocycles. The Morgan fingerprint density at radius 3 is 2.30 bits per heavy atom. The monoisotopic (exact) mass is 452 g/mol. The van der Waals surface area contributed by atoms with Gasteiger partial charge < -0.3 is 5.32 Å². The molecule has 9 nitrogen and oxygen atoms in total. The minimum absolute atomic E-state index is 0.0862. The highest BCUT2D eigenvalue weighted by Gasteiger charge is 2.30. The largest absolute Gasteiger partial charge is 0.322 e. The standard InChI is InChI=1S/C19H20N2O7S2/c1-29(25,26)18-10-13(9-15(12-18)21(23)24)19(22)20-14-5-4-8-17(11-14)30(27,28)16-6-2-3-7-16/h4-5,8-12,16H,2-3,6-7H2,1H3,(H,20,22). The van der Waals surface area contributed by atoms with E-state index in [0.29, 0.717) is 12.8 Å². The molecule has 160 valence electrons. The predicted octanol–water partition coefficient (Wildman–Crippen LogP) is 2.97. The number of benzene rings is 2. The molecule has 0 radical (unpaired) electrons. The van der Waals surface area contributed by atoms with Crippen LogP contribution in [0.25, 0.3) is 0 Å². The van der Waals surface area contributed by atoms with E-state index in [2.05, 4.69) is 5.32 Å². The van der Waals surface area contributed by atoms with Crippen molar-refractivity contribution in [1.29, 1.82) is 0 Å². The minimum atomic E-state index is -3.79. The summed E-state index contributed by atoms with van der Waals surface area (Å²) in [4.78, 5) is 22.6. The van der Waals surface area contributed by atoms with Gasteiger partial charge in [0.25, 0.3) is 11.6 Å². The van der Waals surface area contributed by atoms with Crippen LogP contribution in [0.5, 0.6) is 0 Å². The van der Waals surface area contributed by atoms with Crippen molar-refractivity contribution < 1.29 is 26.6 Å². The van der Waals surface area contributed by atoms with Crippen LogP contribution in [0.4, 0.5) is 11.4 Å². The molecule has 2 aromatic rings. The van der Waals surface area contributed by atoms with Crippen LogP contribution in [-0.4, -0.2) is 39.2 Å². The molecule has 2 aromatic carbocycles. The van der Waals surface area contributed by atoms with Gasteiger partial charge in [0.1, 0.15) is 0 Å². The van der Waals surface area contributed by atoms with E-state index in [-0.39, 0.29) is 21.0 Å². The van der Waals surface area contributed by atoms with Gasteiger partial charge in [-0.2, -0.15) is 0 Å². The molecule has 3 rings (SSSR count). The second-order valence-electron chi connectivity index (χ2n) is 7.18. The van der Waals surface area contributed by atoms with Gasteiger partial charge in [0.15, 0.2) is 19.7 Å². The van der Waals surface area contributed by atoms with Crippen molar-refractivity contribution >= 4 is 37.0 Å². The minimum Gasteiger partial charge on any atom is -0.322 e. The van der Waals surface area contributed by atoms with Gasteiger partial charge in [0.2, 0.25) is 0 Å². The van der Waals surface area contributed by atoms with E-state index in [0.717, 1.165) is 37.3 Å². The van der Waals surface area contributed by atoms with Crippen molar-refractivity contribution in [3.05, 3.63) is 58.1 Å². The Hall–Kier alpha value is -2.79. The first-order valence-electron chi connectivity index (χ1n) is 9.13. The highest BCUT2D eigenvalue weighted by atomic mass is 32.2. The van der Waals surface area contributed by atoms with E-state index >= 15 is 0 Å². The first-order chi connectivity index (χ1) is 14.0. The maximum absolute atomic E-state index is 12.8. The molecule has 1 saturated carbocycles. The lowest BCUT2D eigenvalue weighted by molar-refractivity contribution is -0.385. The molecule has 0 aromatic heterocycles. The zero-order valence-corrected chi connectivity index (χ0v) is 17.7. The molecule has 0 spiro atoms. The van der Waals surface area contributed by atoms with Gasteiger partial charge in [-0.15, -0.1) is 0 Å². The number of nitrogens with one attached hydrogen (secondary N) is 1. The van der Waals surface area contributed by atoms with E-state index < -0.39 is 41.4 Å². The molecule has 0 bridgehead atoms. The number of amides is 1. The topological polar surface area (TPSA) is 141 Å². The molecular formula is C19H20N2O7S2. The number of hydrogen-bond acceptors (Lipinski definition) is 7. The first kappa shape index (κ1) is 21.9. The van der Waals surface area contributed by atoms with Gasteiger partial charge in [0.05, 0.1) is 20.0 Å². The summed E-state index contributed by atoms with van der Waals surface area (Å²) in [7, 11) is -7.31. The third-order valence-electron chi connectivity index (χ3n) is 4.95. The number of anilines is 1. The average Bonchev–Trinajstić information content (AvgIpc) is 3.23. The average molecular weight is 453 g/mol. The van der Waals surface area contributed by atoms with Crippen LogP contribution in [0, 0.1) is 10.1 Å². The zero-order valence-electron chi connectivity index (χ0n) is 16.1. The van der Waals surface area contributed by atoms with E-state index in [1.165, 1.54) is 24.3 Å². The molecule has 1 fully saturated rings. The number of nitro benzene ring substituents is 1.